The van der Waals surface area contributed by atoms with E-state index < -0.39 is 12.1 Å². The molecule has 0 saturated heterocycles. The zero-order valence-electron chi connectivity index (χ0n) is 39.2. The summed E-state index contributed by atoms with van der Waals surface area (Å²) >= 11 is 0. The van der Waals surface area contributed by atoms with Crippen LogP contribution in [-0.2, 0) is 14.3 Å². The highest BCUT2D eigenvalue weighted by Gasteiger charge is 2.20. The van der Waals surface area contributed by atoms with Crippen molar-refractivity contribution in [3.05, 3.63) is 36.5 Å². The van der Waals surface area contributed by atoms with Crippen LogP contribution < -0.4 is 5.32 Å². The minimum atomic E-state index is -0.682. The van der Waals surface area contributed by atoms with Crippen molar-refractivity contribution in [3.8, 4) is 0 Å². The summed E-state index contributed by atoms with van der Waals surface area (Å²) in [6, 6.07) is -0.562. The molecular weight excluding hydrogens is 731 g/mol. The molecule has 0 saturated carbocycles. The molecule has 0 aliphatic rings. The molecule has 346 valence electrons. The smallest absolute Gasteiger partial charge is 0.305 e. The van der Waals surface area contributed by atoms with Crippen LogP contribution in [0.4, 0.5) is 0 Å². The second-order valence-electron chi connectivity index (χ2n) is 17.5. The average Bonchev–Trinajstić information content (AvgIpc) is 3.24. The number of aliphatic hydroxyl groups excluding tert-OH is 2. The van der Waals surface area contributed by atoms with Crippen LogP contribution in [-0.4, -0.2) is 47.4 Å². The van der Waals surface area contributed by atoms with Gasteiger partial charge >= 0.3 is 5.97 Å². The second-order valence-corrected chi connectivity index (χ2v) is 17.5. The number of rotatable bonds is 47. The van der Waals surface area contributed by atoms with Gasteiger partial charge in [0.15, 0.2) is 0 Å². The van der Waals surface area contributed by atoms with Crippen LogP contribution in [0.5, 0.6) is 0 Å². The second kappa shape index (κ2) is 48.7. The first-order chi connectivity index (χ1) is 29.0. The fourth-order valence-corrected chi connectivity index (χ4v) is 7.66. The summed E-state index contributed by atoms with van der Waals surface area (Å²) in [6.07, 6.45) is 58.3. The Hall–Kier alpha value is -1.92. The molecule has 0 radical (unpaired) electrons. The SMILES string of the molecule is CCCCC/C=C\C/C=C\CCCCCCCCCCCC(=O)OCCCC/C=C\CCCCCCCC(=O)NC(CO)C(O)CCCCCCCCCCCCCC. The van der Waals surface area contributed by atoms with Gasteiger partial charge in [-0.15, -0.1) is 0 Å². The van der Waals surface area contributed by atoms with Gasteiger partial charge in [-0.25, -0.2) is 0 Å². The van der Waals surface area contributed by atoms with E-state index in [9.17, 15) is 19.8 Å². The number of aliphatic hydroxyl groups is 2. The van der Waals surface area contributed by atoms with Gasteiger partial charge in [0.05, 0.1) is 25.4 Å². The van der Waals surface area contributed by atoms with Crippen molar-refractivity contribution < 1.29 is 24.5 Å². The zero-order valence-corrected chi connectivity index (χ0v) is 39.2. The van der Waals surface area contributed by atoms with Crippen molar-refractivity contribution in [2.75, 3.05) is 13.2 Å². The van der Waals surface area contributed by atoms with Gasteiger partial charge in [-0.05, 0) is 83.5 Å². The molecule has 0 aromatic carbocycles. The largest absolute Gasteiger partial charge is 0.466 e. The van der Waals surface area contributed by atoms with Gasteiger partial charge in [-0.2, -0.15) is 0 Å². The molecule has 0 fully saturated rings. The molecule has 0 bridgehead atoms. The van der Waals surface area contributed by atoms with E-state index in [0.717, 1.165) is 89.9 Å². The third-order valence-corrected chi connectivity index (χ3v) is 11.7. The van der Waals surface area contributed by atoms with Gasteiger partial charge in [-0.1, -0.05) is 204 Å². The number of unbranched alkanes of at least 4 members (excludes halogenated alkanes) is 30. The monoisotopic (exact) mass is 830 g/mol. The van der Waals surface area contributed by atoms with Gasteiger partial charge in [0.1, 0.15) is 0 Å². The Kier molecular flexibility index (Phi) is 47.2. The summed E-state index contributed by atoms with van der Waals surface area (Å²) in [5.74, 6) is -0.101. The van der Waals surface area contributed by atoms with Crippen molar-refractivity contribution in [3.63, 3.8) is 0 Å². The molecule has 3 N–H and O–H groups in total. The summed E-state index contributed by atoms with van der Waals surface area (Å²) < 4.78 is 5.44. The fraction of sp³-hybridized carbons (Fsp3) is 0.849. The number of amides is 1. The number of allylic oxidation sites excluding steroid dienone is 6. The van der Waals surface area contributed by atoms with E-state index in [1.165, 1.54) is 141 Å². The van der Waals surface area contributed by atoms with Crippen molar-refractivity contribution in [1.29, 1.82) is 0 Å². The lowest BCUT2D eigenvalue weighted by Crippen LogP contribution is -2.45. The third-order valence-electron chi connectivity index (χ3n) is 11.7. The first-order valence-corrected chi connectivity index (χ1v) is 25.7. The van der Waals surface area contributed by atoms with Crippen LogP contribution in [0.2, 0.25) is 0 Å². The van der Waals surface area contributed by atoms with Gasteiger partial charge in [0.25, 0.3) is 0 Å². The molecular formula is C53H99NO5. The van der Waals surface area contributed by atoms with E-state index >= 15 is 0 Å². The number of carbonyl (C=O) groups is 2. The fourth-order valence-electron chi connectivity index (χ4n) is 7.66. The Morgan fingerprint density at radius 2 is 0.847 bits per heavy atom. The maximum absolute atomic E-state index is 12.4. The van der Waals surface area contributed by atoms with Gasteiger partial charge < -0.3 is 20.3 Å². The Bertz CT molecular complexity index is 962. The van der Waals surface area contributed by atoms with Crippen molar-refractivity contribution in [2.45, 2.75) is 276 Å². The van der Waals surface area contributed by atoms with Crippen LogP contribution in [0, 0.1) is 0 Å². The molecule has 0 spiro atoms. The van der Waals surface area contributed by atoms with Crippen LogP contribution >= 0.6 is 0 Å². The molecule has 2 unspecified atom stereocenters. The van der Waals surface area contributed by atoms with E-state index in [-0.39, 0.29) is 18.5 Å². The molecule has 0 rings (SSSR count). The van der Waals surface area contributed by atoms with Gasteiger partial charge in [0.2, 0.25) is 5.91 Å². The normalized spacial score (nSPS) is 12.9. The lowest BCUT2D eigenvalue weighted by molar-refractivity contribution is -0.143. The van der Waals surface area contributed by atoms with E-state index in [0.29, 0.717) is 25.9 Å². The van der Waals surface area contributed by atoms with E-state index in [1.807, 2.05) is 0 Å². The highest BCUT2D eigenvalue weighted by Crippen LogP contribution is 2.15. The summed E-state index contributed by atoms with van der Waals surface area (Å²) in [5.41, 5.74) is 0. The van der Waals surface area contributed by atoms with E-state index in [2.05, 4.69) is 55.6 Å². The molecule has 0 aromatic heterocycles. The maximum Gasteiger partial charge on any atom is 0.305 e. The third kappa shape index (κ3) is 45.4. The molecule has 0 aliphatic heterocycles. The Balaban J connectivity index is 3.50. The predicted molar refractivity (Wildman–Crippen MR) is 255 cm³/mol. The number of nitrogens with one attached hydrogen (secondary N) is 1. The predicted octanol–water partition coefficient (Wildman–Crippen LogP) is 15.3. The Morgan fingerprint density at radius 1 is 0.475 bits per heavy atom. The Labute approximate surface area is 366 Å². The lowest BCUT2D eigenvalue weighted by Gasteiger charge is -2.22. The minimum Gasteiger partial charge on any atom is -0.466 e. The van der Waals surface area contributed by atoms with Crippen LogP contribution in [0.15, 0.2) is 36.5 Å². The average molecular weight is 830 g/mol. The molecule has 59 heavy (non-hydrogen) atoms. The van der Waals surface area contributed by atoms with Crippen molar-refractivity contribution in [1.82, 2.24) is 5.32 Å². The number of ether oxygens (including phenoxy) is 1. The number of carbonyl (C=O) groups excluding carboxylic acids is 2. The van der Waals surface area contributed by atoms with Crippen molar-refractivity contribution in [2.24, 2.45) is 0 Å². The quantitative estimate of drug-likeness (QED) is 0.0323. The van der Waals surface area contributed by atoms with E-state index in [1.54, 1.807) is 0 Å². The standard InChI is InChI=1S/C53H99NO5/c1-3-5-7-9-11-13-15-17-18-19-20-21-22-23-27-31-35-39-43-47-53(58)59-48-44-40-36-32-28-24-26-30-34-38-42-46-52(57)54-50(49-55)51(56)45-41-37-33-29-25-16-14-12-10-8-6-4-2/h11,13,17-18,28,32,50-51,55-56H,3-10,12,14-16,19-27,29-31,33-49H2,1-2H3,(H,54,57)/b13-11-,18-17-,32-28-. The van der Waals surface area contributed by atoms with Crippen molar-refractivity contribution >= 4 is 11.9 Å². The highest BCUT2D eigenvalue weighted by atomic mass is 16.5. The highest BCUT2D eigenvalue weighted by molar-refractivity contribution is 5.76. The molecule has 0 aromatic rings. The summed E-state index contributed by atoms with van der Waals surface area (Å²) in [4.78, 5) is 24.5. The number of esters is 1. The number of hydrogen-bond acceptors (Lipinski definition) is 5. The first-order valence-electron chi connectivity index (χ1n) is 25.7. The summed E-state index contributed by atoms with van der Waals surface area (Å²) in [5, 5.41) is 23.1. The minimum absolute atomic E-state index is 0.0356. The molecule has 0 heterocycles. The first kappa shape index (κ1) is 57.1. The van der Waals surface area contributed by atoms with E-state index in [4.69, 9.17) is 4.74 Å². The molecule has 1 amide bonds. The zero-order chi connectivity index (χ0) is 43.0. The Morgan fingerprint density at radius 3 is 1.34 bits per heavy atom. The van der Waals surface area contributed by atoms with Crippen LogP contribution in [0.1, 0.15) is 264 Å². The summed E-state index contributed by atoms with van der Waals surface area (Å²) in [7, 11) is 0. The topological polar surface area (TPSA) is 95.9 Å². The number of hydrogen-bond donors (Lipinski definition) is 3. The van der Waals surface area contributed by atoms with Crippen LogP contribution in [0.25, 0.3) is 0 Å². The molecule has 2 atom stereocenters. The molecule has 6 nitrogen and oxygen atoms in total. The summed E-state index contributed by atoms with van der Waals surface area (Å²) in [6.45, 7) is 4.84. The maximum atomic E-state index is 12.4. The van der Waals surface area contributed by atoms with Crippen LogP contribution in [0.3, 0.4) is 0 Å². The van der Waals surface area contributed by atoms with Gasteiger partial charge in [-0.3, -0.25) is 9.59 Å². The molecule has 6 heteroatoms. The molecule has 0 aliphatic carbocycles. The lowest BCUT2D eigenvalue weighted by atomic mass is 10.0. The van der Waals surface area contributed by atoms with Gasteiger partial charge in [0, 0.05) is 12.8 Å².